The zero-order valence-corrected chi connectivity index (χ0v) is 19.8. The highest BCUT2D eigenvalue weighted by Crippen LogP contribution is 2.22. The van der Waals surface area contributed by atoms with Gasteiger partial charge in [-0.1, -0.05) is 24.1 Å². The van der Waals surface area contributed by atoms with E-state index in [1.165, 1.54) is 19.3 Å². The first kappa shape index (κ1) is 25.1. The van der Waals surface area contributed by atoms with Crippen LogP contribution in [-0.4, -0.2) is 75.4 Å². The molecule has 32 heavy (non-hydrogen) atoms. The second-order valence-electron chi connectivity index (χ2n) is 8.88. The molecule has 1 aromatic carbocycles. The molecule has 2 heterocycles. The minimum absolute atomic E-state index is 0.00747. The van der Waals surface area contributed by atoms with E-state index >= 15 is 0 Å². The summed E-state index contributed by atoms with van der Waals surface area (Å²) in [5.74, 6) is -0.00747. The summed E-state index contributed by atoms with van der Waals surface area (Å²) in [5, 5.41) is 12.8. The van der Waals surface area contributed by atoms with E-state index in [1.54, 1.807) is 24.3 Å². The van der Waals surface area contributed by atoms with Crippen molar-refractivity contribution < 1.29 is 23.1 Å². The highest BCUT2D eigenvalue weighted by atomic mass is 32.2. The molecule has 2 fully saturated rings. The Kier molecular flexibility index (Phi) is 9.48. The third-order valence-electron chi connectivity index (χ3n) is 6.34. The Morgan fingerprint density at radius 1 is 1.16 bits per heavy atom. The summed E-state index contributed by atoms with van der Waals surface area (Å²) in [6.45, 7) is 4.89. The maximum atomic E-state index is 12.4. The minimum Gasteiger partial charge on any atom is -0.394 e. The van der Waals surface area contributed by atoms with Crippen LogP contribution in [0.15, 0.2) is 29.2 Å². The van der Waals surface area contributed by atoms with Crippen LogP contribution in [0.1, 0.15) is 50.5 Å². The fraction of sp³-hybridized carbons (Fsp3) is 0.696. The maximum absolute atomic E-state index is 12.4. The summed E-state index contributed by atoms with van der Waals surface area (Å²) >= 11 is 0. The molecule has 2 aliphatic rings. The zero-order valence-electron chi connectivity index (χ0n) is 19.0. The molecule has 8 nitrogen and oxygen atoms in total. The van der Waals surface area contributed by atoms with Gasteiger partial charge in [-0.25, -0.2) is 13.1 Å². The van der Waals surface area contributed by atoms with E-state index in [4.69, 9.17) is 4.74 Å². The molecule has 1 amide bonds. The zero-order chi connectivity index (χ0) is 23.0. The first-order valence-corrected chi connectivity index (χ1v) is 13.2. The second kappa shape index (κ2) is 12.1. The predicted molar refractivity (Wildman–Crippen MR) is 123 cm³/mol. The summed E-state index contributed by atoms with van der Waals surface area (Å²) in [6.07, 6.45) is 5.43. The minimum atomic E-state index is -3.56. The van der Waals surface area contributed by atoms with Gasteiger partial charge in [0.15, 0.2) is 0 Å². The molecule has 3 N–H and O–H groups in total. The lowest BCUT2D eigenvalue weighted by Gasteiger charge is -2.36. The third kappa shape index (κ3) is 7.52. The van der Waals surface area contributed by atoms with E-state index in [9.17, 15) is 18.3 Å². The largest absolute Gasteiger partial charge is 0.394 e. The molecule has 1 aromatic rings. The van der Waals surface area contributed by atoms with Gasteiger partial charge in [0, 0.05) is 19.5 Å². The van der Waals surface area contributed by atoms with Crippen molar-refractivity contribution in [3.05, 3.63) is 29.8 Å². The smallest absolute Gasteiger partial charge is 0.240 e. The SMILES string of the molecule is Cc1ccc(S(=O)(=O)NCC[C@@H]2CC[C@@H](NC(=O)CCN3CCCCC3)[C@@H](CO)O2)cc1. The summed E-state index contributed by atoms with van der Waals surface area (Å²) in [6, 6.07) is 6.51. The Morgan fingerprint density at radius 2 is 1.88 bits per heavy atom. The molecule has 9 heteroatoms. The van der Waals surface area contributed by atoms with Gasteiger partial charge >= 0.3 is 0 Å². The number of nitrogens with zero attached hydrogens (tertiary/aromatic N) is 1. The summed E-state index contributed by atoms with van der Waals surface area (Å²) in [7, 11) is -3.56. The molecule has 0 saturated carbocycles. The number of sulfonamides is 1. The van der Waals surface area contributed by atoms with Gasteiger partial charge in [-0.2, -0.15) is 0 Å². The molecule has 2 aliphatic heterocycles. The Morgan fingerprint density at radius 3 is 2.56 bits per heavy atom. The van der Waals surface area contributed by atoms with Crippen molar-refractivity contribution in [2.75, 3.05) is 32.8 Å². The number of aryl methyl sites for hydroxylation is 1. The molecule has 0 spiro atoms. The highest BCUT2D eigenvalue weighted by Gasteiger charge is 2.32. The maximum Gasteiger partial charge on any atom is 0.240 e. The number of carbonyl (C=O) groups excluding carboxylic acids is 1. The second-order valence-corrected chi connectivity index (χ2v) is 10.6. The quantitative estimate of drug-likeness (QED) is 0.482. The van der Waals surface area contributed by atoms with Crippen LogP contribution < -0.4 is 10.0 Å². The van der Waals surface area contributed by atoms with Gasteiger partial charge < -0.3 is 20.1 Å². The van der Waals surface area contributed by atoms with Gasteiger partial charge in [0.1, 0.15) is 6.10 Å². The topological polar surface area (TPSA) is 108 Å². The number of amides is 1. The van der Waals surface area contributed by atoms with Crippen LogP contribution in [0.5, 0.6) is 0 Å². The fourth-order valence-corrected chi connectivity index (χ4v) is 5.43. The van der Waals surface area contributed by atoms with E-state index in [0.29, 0.717) is 25.7 Å². The van der Waals surface area contributed by atoms with Crippen molar-refractivity contribution in [3.63, 3.8) is 0 Å². The molecule has 180 valence electrons. The lowest BCUT2D eigenvalue weighted by atomic mass is 9.97. The number of carbonyl (C=O) groups is 1. The lowest BCUT2D eigenvalue weighted by Crippen LogP contribution is -2.51. The van der Waals surface area contributed by atoms with Crippen molar-refractivity contribution in [3.8, 4) is 0 Å². The van der Waals surface area contributed by atoms with E-state index in [1.807, 2.05) is 6.92 Å². The molecule has 0 aromatic heterocycles. The normalized spacial score (nSPS) is 24.9. The van der Waals surface area contributed by atoms with Gasteiger partial charge in [0.05, 0.1) is 23.6 Å². The lowest BCUT2D eigenvalue weighted by molar-refractivity contribution is -0.128. The molecule has 0 aliphatic carbocycles. The van der Waals surface area contributed by atoms with Gasteiger partial charge in [0.2, 0.25) is 15.9 Å². The number of ether oxygens (including phenoxy) is 1. The number of aliphatic hydroxyl groups excluding tert-OH is 1. The van der Waals surface area contributed by atoms with Crippen LogP contribution >= 0.6 is 0 Å². The monoisotopic (exact) mass is 467 g/mol. The van der Waals surface area contributed by atoms with Crippen molar-refractivity contribution in [2.24, 2.45) is 0 Å². The molecule has 0 bridgehead atoms. The summed E-state index contributed by atoms with van der Waals surface area (Å²) in [4.78, 5) is 15.0. The van der Waals surface area contributed by atoms with Gasteiger partial charge in [-0.05, 0) is 64.3 Å². The average Bonchev–Trinajstić information content (AvgIpc) is 2.79. The van der Waals surface area contributed by atoms with Gasteiger partial charge in [0.25, 0.3) is 0 Å². The molecule has 0 unspecified atom stereocenters. The molecule has 0 radical (unpaired) electrons. The number of hydrogen-bond acceptors (Lipinski definition) is 6. The Bertz CT molecular complexity index is 825. The van der Waals surface area contributed by atoms with Crippen LogP contribution in [0.4, 0.5) is 0 Å². The van der Waals surface area contributed by atoms with Gasteiger partial charge in [-0.15, -0.1) is 0 Å². The Labute approximate surface area is 191 Å². The average molecular weight is 468 g/mol. The van der Waals surface area contributed by atoms with E-state index < -0.39 is 16.1 Å². The number of nitrogens with one attached hydrogen (secondary N) is 2. The Hall–Kier alpha value is -1.52. The van der Waals surface area contributed by atoms with E-state index in [-0.39, 0.29) is 36.1 Å². The molecular formula is C23H37N3O5S. The van der Waals surface area contributed by atoms with Crippen molar-refractivity contribution in [1.82, 2.24) is 14.9 Å². The van der Waals surface area contributed by atoms with Crippen LogP contribution in [0.3, 0.4) is 0 Å². The number of piperidine rings is 1. The van der Waals surface area contributed by atoms with Crippen LogP contribution in [0.2, 0.25) is 0 Å². The first-order valence-electron chi connectivity index (χ1n) is 11.7. The molecule has 2 saturated heterocycles. The number of rotatable bonds is 10. The van der Waals surface area contributed by atoms with Crippen LogP contribution in [-0.2, 0) is 19.6 Å². The van der Waals surface area contributed by atoms with Crippen molar-refractivity contribution in [1.29, 1.82) is 0 Å². The number of benzene rings is 1. The number of aliphatic hydroxyl groups is 1. The fourth-order valence-electron chi connectivity index (χ4n) is 4.39. The first-order chi connectivity index (χ1) is 15.4. The van der Waals surface area contributed by atoms with Crippen LogP contribution in [0.25, 0.3) is 0 Å². The number of hydrogen-bond donors (Lipinski definition) is 3. The van der Waals surface area contributed by atoms with Crippen LogP contribution in [0, 0.1) is 6.92 Å². The number of likely N-dealkylation sites (tertiary alicyclic amines) is 1. The highest BCUT2D eigenvalue weighted by molar-refractivity contribution is 7.89. The van der Waals surface area contributed by atoms with E-state index in [2.05, 4.69) is 14.9 Å². The Balaban J connectivity index is 1.39. The molecule has 3 rings (SSSR count). The van der Waals surface area contributed by atoms with Gasteiger partial charge in [-0.3, -0.25) is 4.79 Å². The standard InChI is InChI=1S/C23H37N3O5S/c1-18-5-8-20(9-6-18)32(29,30)24-13-11-19-7-10-21(22(17-27)31-19)25-23(28)12-16-26-14-3-2-4-15-26/h5-6,8-9,19,21-22,24,27H,2-4,7,10-17H2,1H3,(H,25,28)/t19-,21+,22+/m0/s1. The summed E-state index contributed by atoms with van der Waals surface area (Å²) < 4.78 is 33.4. The molecule has 3 atom stereocenters. The van der Waals surface area contributed by atoms with Crippen molar-refractivity contribution >= 4 is 15.9 Å². The third-order valence-corrected chi connectivity index (χ3v) is 7.81. The predicted octanol–water partition coefficient (Wildman–Crippen LogP) is 1.56. The van der Waals surface area contributed by atoms with E-state index in [0.717, 1.165) is 25.2 Å². The van der Waals surface area contributed by atoms with Crippen molar-refractivity contribution in [2.45, 2.75) is 75.0 Å². The summed E-state index contributed by atoms with van der Waals surface area (Å²) in [5.41, 5.74) is 1.00. The molecular weight excluding hydrogens is 430 g/mol.